The van der Waals surface area contributed by atoms with Crippen molar-refractivity contribution in [2.45, 2.75) is 13.5 Å². The third-order valence-electron chi connectivity index (χ3n) is 3.06. The number of benzene rings is 2. The molecule has 0 fully saturated rings. The third-order valence-corrected chi connectivity index (χ3v) is 3.30. The van der Waals surface area contributed by atoms with Crippen molar-refractivity contribution < 1.29 is 4.74 Å². The molecule has 0 saturated carbocycles. The van der Waals surface area contributed by atoms with Crippen molar-refractivity contribution in [3.63, 3.8) is 0 Å². The van der Waals surface area contributed by atoms with Crippen LogP contribution in [0.1, 0.15) is 12.5 Å². The van der Waals surface area contributed by atoms with E-state index in [1.54, 1.807) is 0 Å². The van der Waals surface area contributed by atoms with E-state index in [2.05, 4.69) is 4.90 Å². The highest BCUT2D eigenvalue weighted by molar-refractivity contribution is 6.30. The second kappa shape index (κ2) is 6.53. The molecule has 0 aliphatic carbocycles. The third kappa shape index (κ3) is 3.36. The zero-order chi connectivity index (χ0) is 14.5. The number of para-hydroxylation sites is 1. The Bertz CT molecular complexity index is 586. The van der Waals surface area contributed by atoms with E-state index in [9.17, 15) is 0 Å². The summed E-state index contributed by atoms with van der Waals surface area (Å²) in [5.41, 5.74) is 8.92. The van der Waals surface area contributed by atoms with Crippen LogP contribution < -0.4 is 15.4 Å². The molecule has 0 unspecified atom stereocenters. The maximum atomic E-state index is 6.16. The van der Waals surface area contributed by atoms with Gasteiger partial charge in [0.2, 0.25) is 0 Å². The second-order valence-electron chi connectivity index (χ2n) is 4.61. The lowest BCUT2D eigenvalue weighted by Crippen LogP contribution is -2.18. The summed E-state index contributed by atoms with van der Waals surface area (Å²) in [4.78, 5) is 2.09. The molecule has 2 aromatic carbocycles. The minimum atomic E-state index is 0.603. The summed E-state index contributed by atoms with van der Waals surface area (Å²) >= 11 is 6.01. The minimum absolute atomic E-state index is 0.603. The number of hydrogen-bond donors (Lipinski definition) is 1. The van der Waals surface area contributed by atoms with Crippen LogP contribution in [0.4, 0.5) is 11.4 Å². The average Bonchev–Trinajstić information content (AvgIpc) is 2.41. The number of nitrogens with zero attached hydrogens (tertiary/aromatic N) is 1. The van der Waals surface area contributed by atoms with Gasteiger partial charge in [-0.2, -0.15) is 0 Å². The summed E-state index contributed by atoms with van der Waals surface area (Å²) in [7, 11) is 2.00. The first-order chi connectivity index (χ1) is 9.61. The van der Waals surface area contributed by atoms with Crippen LogP contribution in [-0.2, 0) is 6.54 Å². The molecule has 2 N–H and O–H groups in total. The predicted molar refractivity (Wildman–Crippen MR) is 85.6 cm³/mol. The molecule has 20 heavy (non-hydrogen) atoms. The Morgan fingerprint density at radius 3 is 2.65 bits per heavy atom. The fourth-order valence-corrected chi connectivity index (χ4v) is 2.35. The van der Waals surface area contributed by atoms with Crippen LogP contribution in [0.25, 0.3) is 0 Å². The van der Waals surface area contributed by atoms with E-state index in [1.165, 1.54) is 0 Å². The van der Waals surface area contributed by atoms with Gasteiger partial charge in [-0.1, -0.05) is 29.8 Å². The summed E-state index contributed by atoms with van der Waals surface area (Å²) < 4.78 is 5.52. The Balaban J connectivity index is 2.21. The lowest BCUT2D eigenvalue weighted by molar-refractivity contribution is 0.342. The van der Waals surface area contributed by atoms with Crippen molar-refractivity contribution in [1.82, 2.24) is 0 Å². The van der Waals surface area contributed by atoms with Gasteiger partial charge in [-0.05, 0) is 36.8 Å². The van der Waals surface area contributed by atoms with Gasteiger partial charge in [0.25, 0.3) is 0 Å². The van der Waals surface area contributed by atoms with Gasteiger partial charge >= 0.3 is 0 Å². The van der Waals surface area contributed by atoms with Crippen molar-refractivity contribution >= 4 is 23.0 Å². The molecule has 0 spiro atoms. The second-order valence-corrected chi connectivity index (χ2v) is 5.04. The Labute approximate surface area is 124 Å². The smallest absolute Gasteiger partial charge is 0.144 e. The normalized spacial score (nSPS) is 10.3. The van der Waals surface area contributed by atoms with Gasteiger partial charge in [0.1, 0.15) is 5.75 Å². The quantitative estimate of drug-likeness (QED) is 0.847. The van der Waals surface area contributed by atoms with Gasteiger partial charge in [0.15, 0.2) is 0 Å². The van der Waals surface area contributed by atoms with Crippen molar-refractivity contribution in [2.24, 2.45) is 0 Å². The first-order valence-corrected chi connectivity index (χ1v) is 6.96. The number of hydrogen-bond acceptors (Lipinski definition) is 3. The number of anilines is 2. The molecule has 0 aliphatic heterocycles. The standard InChI is InChI=1S/C16H19ClN2O/c1-3-20-15-9-5-8-14(16(15)18)19(2)11-12-6-4-7-13(17)10-12/h4-10H,3,11,18H2,1-2H3. The van der Waals surface area contributed by atoms with Gasteiger partial charge in [0.05, 0.1) is 18.0 Å². The molecule has 4 heteroatoms. The van der Waals surface area contributed by atoms with E-state index < -0.39 is 0 Å². The van der Waals surface area contributed by atoms with Crippen LogP contribution >= 0.6 is 11.6 Å². The zero-order valence-corrected chi connectivity index (χ0v) is 12.5. The highest BCUT2D eigenvalue weighted by Crippen LogP contribution is 2.32. The Hall–Kier alpha value is -1.87. The molecule has 0 heterocycles. The Morgan fingerprint density at radius 2 is 1.95 bits per heavy atom. The SMILES string of the molecule is CCOc1cccc(N(C)Cc2cccc(Cl)c2)c1N. The zero-order valence-electron chi connectivity index (χ0n) is 11.8. The van der Waals surface area contributed by atoms with Crippen LogP contribution in [-0.4, -0.2) is 13.7 Å². The highest BCUT2D eigenvalue weighted by Gasteiger charge is 2.10. The Morgan fingerprint density at radius 1 is 1.20 bits per heavy atom. The molecule has 0 radical (unpaired) electrons. The molecule has 0 atom stereocenters. The van der Waals surface area contributed by atoms with Crippen LogP contribution in [0.15, 0.2) is 42.5 Å². The van der Waals surface area contributed by atoms with Crippen molar-refractivity contribution in [3.05, 3.63) is 53.1 Å². The van der Waals surface area contributed by atoms with Crippen LogP contribution in [0.2, 0.25) is 5.02 Å². The van der Waals surface area contributed by atoms with Gasteiger partial charge in [0, 0.05) is 18.6 Å². The molecule has 0 aromatic heterocycles. The summed E-state index contributed by atoms with van der Waals surface area (Å²) in [5.74, 6) is 0.725. The monoisotopic (exact) mass is 290 g/mol. The molecule has 106 valence electrons. The number of nitrogen functional groups attached to an aromatic ring is 1. The summed E-state index contributed by atoms with van der Waals surface area (Å²) in [6, 6.07) is 13.6. The van der Waals surface area contributed by atoms with E-state index in [4.69, 9.17) is 22.1 Å². The van der Waals surface area contributed by atoms with E-state index in [1.807, 2.05) is 56.4 Å². The largest absolute Gasteiger partial charge is 0.492 e. The molecular formula is C16H19ClN2O. The Kier molecular flexibility index (Phi) is 4.74. The fourth-order valence-electron chi connectivity index (χ4n) is 2.14. The minimum Gasteiger partial charge on any atom is -0.492 e. The first-order valence-electron chi connectivity index (χ1n) is 6.58. The number of rotatable bonds is 5. The van der Waals surface area contributed by atoms with Crippen molar-refractivity contribution in [3.8, 4) is 5.75 Å². The number of nitrogens with two attached hydrogens (primary N) is 1. The number of halogens is 1. The van der Waals surface area contributed by atoms with Crippen LogP contribution in [0.5, 0.6) is 5.75 Å². The van der Waals surface area contributed by atoms with Gasteiger partial charge in [-0.25, -0.2) is 0 Å². The molecular weight excluding hydrogens is 272 g/mol. The lowest BCUT2D eigenvalue weighted by atomic mass is 10.2. The predicted octanol–water partition coefficient (Wildman–Crippen LogP) is 3.96. The first kappa shape index (κ1) is 14.5. The maximum Gasteiger partial charge on any atom is 0.144 e. The maximum absolute atomic E-state index is 6.16. The lowest BCUT2D eigenvalue weighted by Gasteiger charge is -2.22. The molecule has 0 aliphatic rings. The molecule has 0 saturated heterocycles. The van der Waals surface area contributed by atoms with E-state index in [0.717, 1.165) is 28.6 Å². The van der Waals surface area contributed by atoms with E-state index >= 15 is 0 Å². The fraction of sp³-hybridized carbons (Fsp3) is 0.250. The van der Waals surface area contributed by atoms with Crippen molar-refractivity contribution in [2.75, 3.05) is 24.3 Å². The average molecular weight is 291 g/mol. The van der Waals surface area contributed by atoms with Crippen LogP contribution in [0, 0.1) is 0 Å². The highest BCUT2D eigenvalue weighted by atomic mass is 35.5. The topological polar surface area (TPSA) is 38.5 Å². The molecule has 0 bridgehead atoms. The summed E-state index contributed by atoms with van der Waals surface area (Å²) in [6.45, 7) is 3.29. The molecule has 2 aromatic rings. The summed E-state index contributed by atoms with van der Waals surface area (Å²) in [6.07, 6.45) is 0. The van der Waals surface area contributed by atoms with Crippen molar-refractivity contribution in [1.29, 1.82) is 0 Å². The van der Waals surface area contributed by atoms with Gasteiger partial charge < -0.3 is 15.4 Å². The van der Waals surface area contributed by atoms with Crippen LogP contribution in [0.3, 0.4) is 0 Å². The summed E-state index contributed by atoms with van der Waals surface area (Å²) in [5, 5.41) is 0.743. The molecule has 2 rings (SSSR count). The van der Waals surface area contributed by atoms with Gasteiger partial charge in [-0.3, -0.25) is 0 Å². The van der Waals surface area contributed by atoms with Gasteiger partial charge in [-0.15, -0.1) is 0 Å². The number of ether oxygens (including phenoxy) is 1. The van der Waals surface area contributed by atoms with E-state index in [0.29, 0.717) is 12.3 Å². The molecule has 0 amide bonds. The van der Waals surface area contributed by atoms with E-state index in [-0.39, 0.29) is 0 Å². The molecule has 3 nitrogen and oxygen atoms in total.